The van der Waals surface area contributed by atoms with Crippen molar-refractivity contribution >= 4 is 27.6 Å². The van der Waals surface area contributed by atoms with Gasteiger partial charge in [-0.1, -0.05) is 36.4 Å². The summed E-state index contributed by atoms with van der Waals surface area (Å²) in [5.41, 5.74) is 6.79. The number of aliphatic carboxylic acids is 1. The van der Waals surface area contributed by atoms with Gasteiger partial charge in [0.05, 0.1) is 4.90 Å². The van der Waals surface area contributed by atoms with Gasteiger partial charge in [-0.3, -0.25) is 4.79 Å². The molecule has 10 nitrogen and oxygen atoms in total. The lowest BCUT2D eigenvalue weighted by Gasteiger charge is -2.39. The number of nitrogen functional groups attached to an aromatic ring is 1. The molecular weight excluding hydrogens is 575 g/mol. The Bertz CT molecular complexity index is 1560. The van der Waals surface area contributed by atoms with Gasteiger partial charge >= 0.3 is 12.1 Å². The number of nitrogens with one attached hydrogen (secondary N) is 1. The summed E-state index contributed by atoms with van der Waals surface area (Å²) < 4.78 is 71.3. The van der Waals surface area contributed by atoms with Crippen LogP contribution >= 0.6 is 0 Å². The molecule has 0 unspecified atom stereocenters. The highest BCUT2D eigenvalue weighted by molar-refractivity contribution is 7.90. The molecule has 14 heteroatoms. The second-order valence-corrected chi connectivity index (χ2v) is 12.9. The third kappa shape index (κ3) is 6.44. The van der Waals surface area contributed by atoms with Crippen LogP contribution in [0.3, 0.4) is 0 Å². The number of hydrogen-bond acceptors (Lipinski definition) is 9. The van der Waals surface area contributed by atoms with Gasteiger partial charge in [0.25, 0.3) is 0 Å². The molecule has 0 bridgehead atoms. The van der Waals surface area contributed by atoms with Crippen molar-refractivity contribution in [2.75, 3.05) is 36.5 Å². The van der Waals surface area contributed by atoms with E-state index in [-0.39, 0.29) is 27.7 Å². The van der Waals surface area contributed by atoms with E-state index in [1.165, 1.54) is 42.5 Å². The Hall–Kier alpha value is -3.91. The molecule has 2 atom stereocenters. The SMILES string of the molecule is CS(=O)(=O)c1ccc(-c2ccc([C@@H](Oc3cc(N4CCC5(CC4)CN[C@H](C(=O)O)C5)nc(N)n3)C(F)(F)F)cc2)cc1. The minimum atomic E-state index is -4.77. The Morgan fingerprint density at radius 1 is 1.10 bits per heavy atom. The van der Waals surface area contributed by atoms with Crippen molar-refractivity contribution < 1.29 is 36.2 Å². The molecule has 224 valence electrons. The average Bonchev–Trinajstić information content (AvgIpc) is 3.35. The van der Waals surface area contributed by atoms with E-state index in [1.807, 2.05) is 4.90 Å². The zero-order valence-corrected chi connectivity index (χ0v) is 23.5. The largest absolute Gasteiger partial charge is 0.480 e. The van der Waals surface area contributed by atoms with Crippen LogP contribution < -0.4 is 20.7 Å². The summed E-state index contributed by atoms with van der Waals surface area (Å²) in [5, 5.41) is 12.4. The third-order valence-corrected chi connectivity index (χ3v) is 9.01. The number of halogens is 3. The topological polar surface area (TPSA) is 148 Å². The Balaban J connectivity index is 1.32. The Kier molecular flexibility index (Phi) is 7.79. The van der Waals surface area contributed by atoms with Gasteiger partial charge < -0.3 is 25.8 Å². The number of nitrogens with zero attached hydrogens (tertiary/aromatic N) is 3. The smallest absolute Gasteiger partial charge is 0.429 e. The number of anilines is 2. The molecule has 0 aliphatic carbocycles. The highest BCUT2D eigenvalue weighted by Crippen LogP contribution is 2.41. The van der Waals surface area contributed by atoms with E-state index < -0.39 is 34.1 Å². The van der Waals surface area contributed by atoms with E-state index in [4.69, 9.17) is 10.5 Å². The summed E-state index contributed by atoms with van der Waals surface area (Å²) in [5.74, 6) is -1.10. The molecule has 1 spiro atoms. The highest BCUT2D eigenvalue weighted by atomic mass is 32.2. The maximum atomic E-state index is 14.2. The van der Waals surface area contributed by atoms with Gasteiger partial charge in [0, 0.05) is 37.5 Å². The Morgan fingerprint density at radius 3 is 2.21 bits per heavy atom. The molecule has 2 aliphatic rings. The summed E-state index contributed by atoms with van der Waals surface area (Å²) in [6, 6.07) is 12.4. The molecule has 0 saturated carbocycles. The zero-order chi connectivity index (χ0) is 30.3. The molecule has 3 heterocycles. The fourth-order valence-corrected chi connectivity index (χ4v) is 6.16. The lowest BCUT2D eigenvalue weighted by molar-refractivity contribution is -0.198. The van der Waals surface area contributed by atoms with Gasteiger partial charge in [-0.15, -0.1) is 0 Å². The van der Waals surface area contributed by atoms with Crippen molar-refractivity contribution in [2.45, 2.75) is 42.5 Å². The number of piperidine rings is 1. The number of carboxylic acids is 1. The number of hydrogen-bond donors (Lipinski definition) is 3. The Labute approximate surface area is 240 Å². The molecule has 3 aromatic rings. The van der Waals surface area contributed by atoms with E-state index in [2.05, 4.69) is 15.3 Å². The maximum absolute atomic E-state index is 14.2. The zero-order valence-electron chi connectivity index (χ0n) is 22.6. The minimum absolute atomic E-state index is 0.142. The number of aromatic nitrogens is 2. The summed E-state index contributed by atoms with van der Waals surface area (Å²) in [6.07, 6.45) is -4.10. The van der Waals surface area contributed by atoms with Crippen LogP contribution in [0.2, 0.25) is 0 Å². The highest BCUT2D eigenvalue weighted by Gasteiger charge is 2.45. The van der Waals surface area contributed by atoms with E-state index >= 15 is 0 Å². The summed E-state index contributed by atoms with van der Waals surface area (Å²) >= 11 is 0. The van der Waals surface area contributed by atoms with Gasteiger partial charge in [0.1, 0.15) is 11.9 Å². The van der Waals surface area contributed by atoms with Crippen LogP contribution in [-0.2, 0) is 14.6 Å². The molecule has 4 N–H and O–H groups in total. The first-order valence-electron chi connectivity index (χ1n) is 13.2. The predicted octanol–water partition coefficient (Wildman–Crippen LogP) is 3.84. The fourth-order valence-electron chi connectivity index (χ4n) is 5.52. The number of benzene rings is 2. The molecule has 5 rings (SSSR count). The first kappa shape index (κ1) is 29.6. The molecule has 2 fully saturated rings. The molecular formula is C28H30F3N5O5S. The molecule has 0 radical (unpaired) electrons. The van der Waals surface area contributed by atoms with Crippen LogP contribution in [0.1, 0.15) is 30.9 Å². The number of sulfone groups is 1. The number of carbonyl (C=O) groups is 1. The monoisotopic (exact) mass is 605 g/mol. The second-order valence-electron chi connectivity index (χ2n) is 10.8. The maximum Gasteiger partial charge on any atom is 0.429 e. The third-order valence-electron chi connectivity index (χ3n) is 7.88. The van der Waals surface area contributed by atoms with Crippen molar-refractivity contribution in [3.63, 3.8) is 0 Å². The average molecular weight is 606 g/mol. The van der Waals surface area contributed by atoms with E-state index in [1.54, 1.807) is 12.1 Å². The number of rotatable bonds is 7. The molecule has 0 amide bonds. The quantitative estimate of drug-likeness (QED) is 0.363. The molecule has 1 aromatic heterocycles. The predicted molar refractivity (Wildman–Crippen MR) is 149 cm³/mol. The van der Waals surface area contributed by atoms with E-state index in [0.717, 1.165) is 6.26 Å². The van der Waals surface area contributed by atoms with Gasteiger partial charge in [0.2, 0.25) is 17.9 Å². The first-order chi connectivity index (χ1) is 19.7. The van der Waals surface area contributed by atoms with Gasteiger partial charge in [0.15, 0.2) is 9.84 Å². The van der Waals surface area contributed by atoms with Crippen LogP contribution in [0.4, 0.5) is 24.9 Å². The van der Waals surface area contributed by atoms with E-state index in [9.17, 15) is 31.5 Å². The number of carboxylic acid groups (broad SMARTS) is 1. The normalized spacial score (nSPS) is 19.5. The van der Waals surface area contributed by atoms with Crippen molar-refractivity contribution in [3.8, 4) is 17.0 Å². The van der Waals surface area contributed by atoms with Crippen LogP contribution in [-0.4, -0.2) is 67.6 Å². The van der Waals surface area contributed by atoms with Gasteiger partial charge in [-0.05, 0) is 47.9 Å². The van der Waals surface area contributed by atoms with Crippen molar-refractivity contribution in [2.24, 2.45) is 5.41 Å². The first-order valence-corrected chi connectivity index (χ1v) is 15.1. The van der Waals surface area contributed by atoms with Crippen LogP contribution in [0.25, 0.3) is 11.1 Å². The van der Waals surface area contributed by atoms with Crippen molar-refractivity contribution in [1.29, 1.82) is 0 Å². The number of ether oxygens (including phenoxy) is 1. The fraction of sp³-hybridized carbons (Fsp3) is 0.393. The van der Waals surface area contributed by atoms with Crippen LogP contribution in [0.5, 0.6) is 5.88 Å². The van der Waals surface area contributed by atoms with E-state index in [0.29, 0.717) is 55.8 Å². The van der Waals surface area contributed by atoms with Crippen molar-refractivity contribution in [3.05, 3.63) is 60.2 Å². The Morgan fingerprint density at radius 2 is 1.69 bits per heavy atom. The summed E-state index contributed by atoms with van der Waals surface area (Å²) in [4.78, 5) is 21.5. The molecule has 2 saturated heterocycles. The van der Waals surface area contributed by atoms with Crippen LogP contribution in [0.15, 0.2) is 59.5 Å². The van der Waals surface area contributed by atoms with Crippen LogP contribution in [0, 0.1) is 5.41 Å². The van der Waals surface area contributed by atoms with Gasteiger partial charge in [-0.25, -0.2) is 8.42 Å². The summed E-state index contributed by atoms with van der Waals surface area (Å²) in [7, 11) is -3.38. The number of nitrogens with two attached hydrogens (primary N) is 1. The van der Waals surface area contributed by atoms with Gasteiger partial charge in [-0.2, -0.15) is 23.1 Å². The lowest BCUT2D eigenvalue weighted by atomic mass is 9.76. The lowest BCUT2D eigenvalue weighted by Crippen LogP contribution is -2.41. The number of alkyl halides is 3. The minimum Gasteiger partial charge on any atom is -0.480 e. The summed E-state index contributed by atoms with van der Waals surface area (Å²) in [6.45, 7) is 1.65. The second kappa shape index (κ2) is 11.1. The molecule has 2 aliphatic heterocycles. The molecule has 2 aromatic carbocycles. The van der Waals surface area contributed by atoms with Crippen molar-refractivity contribution in [1.82, 2.24) is 15.3 Å². The standard InChI is InChI=1S/C28H30F3N5O5S/c1-42(39,40)20-8-6-18(7-9-20)17-2-4-19(5-3-17)24(28(29,30)31)41-23-14-22(34-26(32)35-23)36-12-10-27(11-13-36)15-21(25(37)38)33-16-27/h2-9,14,21,24,33H,10-13,15-16H2,1H3,(H,37,38)(H2,32,34,35)/t21-,24+/m0/s1. The molecule has 42 heavy (non-hydrogen) atoms.